The Bertz CT molecular complexity index is 164. The maximum atomic E-state index is 5.26. The zero-order valence-electron chi connectivity index (χ0n) is 5.04. The van der Waals surface area contributed by atoms with Gasteiger partial charge in [0.2, 0.25) is 0 Å². The van der Waals surface area contributed by atoms with E-state index in [1.807, 2.05) is 18.2 Å². The fourth-order valence-electron chi connectivity index (χ4n) is 0.572. The van der Waals surface area contributed by atoms with Crippen molar-refractivity contribution in [3.05, 3.63) is 24.0 Å². The fourth-order valence-corrected chi connectivity index (χ4v) is 1.27. The van der Waals surface area contributed by atoms with E-state index < -0.39 is 0 Å². The van der Waals surface area contributed by atoms with Crippen molar-refractivity contribution in [1.82, 2.24) is 0 Å². The van der Waals surface area contributed by atoms with Gasteiger partial charge >= 0.3 is 0 Å². The van der Waals surface area contributed by atoms with Gasteiger partial charge in [-0.3, -0.25) is 0 Å². The topological polar surface area (TPSA) is 38.0 Å². The summed E-state index contributed by atoms with van der Waals surface area (Å²) >= 11 is 0. The van der Waals surface area contributed by atoms with Crippen molar-refractivity contribution in [2.75, 3.05) is 12.0 Å². The first-order valence-corrected chi connectivity index (χ1v) is 3.75. The number of rotatable bonds is 2. The Morgan fingerprint density at radius 1 is 1.56 bits per heavy atom. The lowest BCUT2D eigenvalue weighted by molar-refractivity contribution is 1.15. The normalized spacial score (nSPS) is 9.89. The van der Waals surface area contributed by atoms with Gasteiger partial charge in [0.05, 0.1) is 12.1 Å². The van der Waals surface area contributed by atoms with Crippen LogP contribution in [0.2, 0.25) is 0 Å². The predicted molar refractivity (Wildman–Crippen MR) is 41.6 cm³/mol. The molecule has 0 aliphatic heterocycles. The van der Waals surface area contributed by atoms with Crippen LogP contribution in [-0.4, -0.2) is 6.67 Å². The summed E-state index contributed by atoms with van der Waals surface area (Å²) in [5.74, 6) is 2.07. The van der Waals surface area contributed by atoms with Crippen molar-refractivity contribution in [3.63, 3.8) is 0 Å². The molecule has 3 heteroatoms. The van der Waals surface area contributed by atoms with E-state index in [-0.39, 0.29) is 0 Å². The Morgan fingerprint density at radius 2 is 2.44 bits per heavy atom. The molecule has 1 aromatic rings. The number of nitrogens with one attached hydrogen (secondary N) is 1. The van der Waals surface area contributed by atoms with E-state index in [2.05, 4.69) is 11.1 Å². The Labute approximate surface area is 56.2 Å². The van der Waals surface area contributed by atoms with Crippen molar-refractivity contribution in [3.8, 4) is 0 Å². The third-order valence-electron chi connectivity index (χ3n) is 0.948. The molecule has 0 fully saturated rings. The Kier molecular flexibility index (Phi) is 2.49. The average Bonchev–Trinajstić information content (AvgIpc) is 1.91. The molecule has 0 atom stereocenters. The largest absolute Gasteiger partial charge is 0.369 e. The Hall–Kier alpha value is -0.590. The molecule has 1 heterocycles. The molecule has 9 heavy (non-hydrogen) atoms. The molecule has 0 saturated carbocycles. The van der Waals surface area contributed by atoms with Crippen LogP contribution in [0.4, 0.5) is 5.42 Å². The van der Waals surface area contributed by atoms with Gasteiger partial charge in [0.25, 0.3) is 0 Å². The van der Waals surface area contributed by atoms with Gasteiger partial charge in [-0.25, -0.2) is 0 Å². The third-order valence-corrected chi connectivity index (χ3v) is 1.85. The van der Waals surface area contributed by atoms with Crippen LogP contribution in [0.15, 0.2) is 24.0 Å². The Balaban J connectivity index is 2.61. The highest BCUT2D eigenvalue weighted by molar-refractivity contribution is 7.33. The van der Waals surface area contributed by atoms with Crippen LogP contribution in [0.3, 0.4) is 0 Å². The minimum absolute atomic E-state index is 0.514. The van der Waals surface area contributed by atoms with Crippen LogP contribution in [0.25, 0.3) is 0 Å². The molecule has 0 bridgehead atoms. The van der Waals surface area contributed by atoms with Crippen molar-refractivity contribution in [2.45, 2.75) is 0 Å². The summed E-state index contributed by atoms with van der Waals surface area (Å²) in [4.78, 5) is 0. The number of hydrogen-bond acceptors (Lipinski definition) is 2. The fraction of sp³-hybridized carbons (Fsp3) is 0.167. The monoisotopic (exact) mass is 140 g/mol. The van der Waals surface area contributed by atoms with Crippen LogP contribution < -0.4 is 11.1 Å². The molecule has 0 aliphatic rings. The summed E-state index contributed by atoms with van der Waals surface area (Å²) in [5, 5.41) is 3.03. The second-order valence-electron chi connectivity index (χ2n) is 1.60. The third kappa shape index (κ3) is 2.00. The van der Waals surface area contributed by atoms with Gasteiger partial charge in [-0.2, -0.15) is 0 Å². The molecular weight excluding hydrogens is 131 g/mol. The molecule has 2 nitrogen and oxygen atoms in total. The van der Waals surface area contributed by atoms with E-state index >= 15 is 0 Å². The maximum absolute atomic E-state index is 5.26. The van der Waals surface area contributed by atoms with Gasteiger partial charge in [-0.15, -0.1) is 0 Å². The Morgan fingerprint density at radius 3 is 3.00 bits per heavy atom. The lowest BCUT2D eigenvalue weighted by atomic mass is 10.5. The maximum Gasteiger partial charge on any atom is 0.0631 e. The molecule has 0 unspecified atom stereocenters. The van der Waals surface area contributed by atoms with Gasteiger partial charge in [-0.1, -0.05) is 20.3 Å². The molecule has 48 valence electrons. The van der Waals surface area contributed by atoms with Gasteiger partial charge in [-0.05, 0) is 11.9 Å². The van der Waals surface area contributed by atoms with E-state index in [4.69, 9.17) is 5.73 Å². The predicted octanol–water partition coefficient (Wildman–Crippen LogP) is 1.59. The van der Waals surface area contributed by atoms with Crippen LogP contribution >= 0.6 is 8.19 Å². The number of hydrogen-bond donors (Lipinski definition) is 2. The highest BCUT2D eigenvalue weighted by atomic mass is 31.0. The highest BCUT2D eigenvalue weighted by Gasteiger charge is 1.82. The summed E-state index contributed by atoms with van der Waals surface area (Å²) in [6.45, 7) is 0.514. The highest BCUT2D eigenvalue weighted by Crippen LogP contribution is 2.17. The van der Waals surface area contributed by atoms with Crippen molar-refractivity contribution < 1.29 is 0 Å². The number of nitrogens with two attached hydrogens (primary N) is 1. The first-order chi connectivity index (χ1) is 4.43. The second kappa shape index (κ2) is 3.44. The molecule has 1 aromatic heterocycles. The van der Waals surface area contributed by atoms with Gasteiger partial charge in [0.15, 0.2) is 0 Å². The molecule has 1 rings (SSSR count). The summed E-state index contributed by atoms with van der Waals surface area (Å²) < 4.78 is 0. The van der Waals surface area contributed by atoms with Crippen LogP contribution in [0, 0.1) is 0 Å². The zero-order chi connectivity index (χ0) is 6.53. The van der Waals surface area contributed by atoms with E-state index in [1.165, 1.54) is 13.6 Å². The summed E-state index contributed by atoms with van der Waals surface area (Å²) in [6.07, 6.45) is 0. The van der Waals surface area contributed by atoms with Crippen LogP contribution in [0.1, 0.15) is 0 Å². The SMILES string of the molecule is NCNc1ccccp1. The van der Waals surface area contributed by atoms with Crippen molar-refractivity contribution in [1.29, 1.82) is 0 Å². The zero-order valence-corrected chi connectivity index (χ0v) is 5.94. The molecule has 0 radical (unpaired) electrons. The summed E-state index contributed by atoms with van der Waals surface area (Å²) in [6, 6.07) is 6.03. The molecule has 0 spiro atoms. The second-order valence-corrected chi connectivity index (χ2v) is 2.63. The average molecular weight is 140 g/mol. The number of anilines is 1. The molecule has 0 saturated heterocycles. The van der Waals surface area contributed by atoms with Crippen molar-refractivity contribution >= 4 is 13.6 Å². The van der Waals surface area contributed by atoms with Gasteiger partial charge < -0.3 is 11.1 Å². The first-order valence-electron chi connectivity index (χ1n) is 2.78. The molecule has 0 aromatic carbocycles. The lowest BCUT2D eigenvalue weighted by Crippen LogP contribution is -2.09. The lowest BCUT2D eigenvalue weighted by Gasteiger charge is -1.98. The van der Waals surface area contributed by atoms with Gasteiger partial charge in [0, 0.05) is 0 Å². The minimum Gasteiger partial charge on any atom is -0.369 e. The first kappa shape index (κ1) is 6.53. The van der Waals surface area contributed by atoms with Crippen LogP contribution in [-0.2, 0) is 0 Å². The van der Waals surface area contributed by atoms with E-state index in [0.29, 0.717) is 6.67 Å². The van der Waals surface area contributed by atoms with Gasteiger partial charge in [0.1, 0.15) is 0 Å². The van der Waals surface area contributed by atoms with E-state index in [9.17, 15) is 0 Å². The summed E-state index contributed by atoms with van der Waals surface area (Å²) in [7, 11) is 1.20. The standard InChI is InChI=1S/C6H9N2P/c7-5-8-6-3-1-2-4-9-6/h1-4,8H,5,7H2. The quantitative estimate of drug-likeness (QED) is 0.612. The molecule has 0 aliphatic carbocycles. The minimum atomic E-state index is 0.514. The smallest absolute Gasteiger partial charge is 0.0631 e. The van der Waals surface area contributed by atoms with E-state index in [0.717, 1.165) is 0 Å². The molecule has 3 N–H and O–H groups in total. The molecular formula is C6H9N2P. The van der Waals surface area contributed by atoms with Crippen molar-refractivity contribution in [2.24, 2.45) is 5.73 Å². The molecule has 0 amide bonds. The van der Waals surface area contributed by atoms with Crippen LogP contribution in [0.5, 0.6) is 0 Å². The summed E-state index contributed by atoms with van der Waals surface area (Å²) in [5.41, 5.74) is 6.43. The van der Waals surface area contributed by atoms with E-state index in [1.54, 1.807) is 0 Å².